The van der Waals surface area contributed by atoms with Gasteiger partial charge in [0.05, 0.1) is 0 Å². The quantitative estimate of drug-likeness (QED) is 0.810. The second-order valence-corrected chi connectivity index (χ2v) is 6.36. The first kappa shape index (κ1) is 15.3. The van der Waals surface area contributed by atoms with Crippen LogP contribution in [-0.2, 0) is 6.54 Å². The first-order valence-corrected chi connectivity index (χ1v) is 8.05. The zero-order valence-corrected chi connectivity index (χ0v) is 12.8. The average molecular weight is 276 g/mol. The summed E-state index contributed by atoms with van der Waals surface area (Å²) in [6.07, 6.45) is 8.08. The maximum absolute atomic E-state index is 11.5. The molecule has 1 fully saturated rings. The van der Waals surface area contributed by atoms with Crippen LogP contribution in [0, 0.1) is 11.8 Å². The minimum Gasteiger partial charge on any atom is -0.316 e. The third kappa shape index (κ3) is 4.48. The van der Waals surface area contributed by atoms with E-state index >= 15 is 0 Å². The minimum atomic E-state index is 0.107. The largest absolute Gasteiger partial charge is 0.316 e. The highest BCUT2D eigenvalue weighted by atomic mass is 16.1. The Labute approximate surface area is 122 Å². The first-order chi connectivity index (χ1) is 9.66. The van der Waals surface area contributed by atoms with Crippen molar-refractivity contribution in [2.24, 2.45) is 11.8 Å². The summed E-state index contributed by atoms with van der Waals surface area (Å²) in [5.41, 5.74) is 0.107. The summed E-state index contributed by atoms with van der Waals surface area (Å²) >= 11 is 0. The molecule has 1 heterocycles. The number of hydrogen-bond acceptors (Lipinski definition) is 2. The first-order valence-electron chi connectivity index (χ1n) is 8.05. The van der Waals surface area contributed by atoms with Crippen molar-refractivity contribution in [3.63, 3.8) is 0 Å². The number of nitrogens with one attached hydrogen (secondary N) is 1. The highest BCUT2D eigenvalue weighted by Crippen LogP contribution is 2.29. The van der Waals surface area contributed by atoms with Crippen LogP contribution in [0.1, 0.15) is 46.0 Å². The molecule has 1 aromatic rings. The van der Waals surface area contributed by atoms with Gasteiger partial charge < -0.3 is 9.88 Å². The summed E-state index contributed by atoms with van der Waals surface area (Å²) in [7, 11) is 0. The Morgan fingerprint density at radius 3 is 2.80 bits per heavy atom. The molecule has 0 radical (unpaired) electrons. The molecule has 1 aliphatic carbocycles. The maximum atomic E-state index is 11.5. The lowest BCUT2D eigenvalue weighted by Crippen LogP contribution is -2.36. The lowest BCUT2D eigenvalue weighted by atomic mass is 9.79. The molecule has 0 spiro atoms. The zero-order valence-electron chi connectivity index (χ0n) is 12.8. The van der Waals surface area contributed by atoms with Crippen LogP contribution in [0.25, 0.3) is 0 Å². The van der Waals surface area contributed by atoms with Crippen LogP contribution in [-0.4, -0.2) is 17.2 Å². The summed E-state index contributed by atoms with van der Waals surface area (Å²) in [6.45, 7) is 6.66. The topological polar surface area (TPSA) is 34.0 Å². The molecular formula is C17H28N2O. The second-order valence-electron chi connectivity index (χ2n) is 6.36. The highest BCUT2D eigenvalue weighted by molar-refractivity contribution is 4.93. The highest BCUT2D eigenvalue weighted by Gasteiger charge is 2.23. The van der Waals surface area contributed by atoms with Crippen LogP contribution in [0.5, 0.6) is 0 Å². The van der Waals surface area contributed by atoms with Gasteiger partial charge in [-0.25, -0.2) is 0 Å². The Kier molecular flexibility index (Phi) is 5.84. The molecule has 1 N–H and O–H groups in total. The normalized spacial score (nSPS) is 26.6. The minimum absolute atomic E-state index is 0.107. The molecule has 0 saturated heterocycles. The van der Waals surface area contributed by atoms with E-state index in [-0.39, 0.29) is 5.56 Å². The van der Waals surface area contributed by atoms with Crippen molar-refractivity contribution in [2.45, 2.75) is 58.5 Å². The molecule has 3 atom stereocenters. The van der Waals surface area contributed by atoms with Crippen LogP contribution >= 0.6 is 0 Å². The third-order valence-corrected chi connectivity index (χ3v) is 4.76. The van der Waals surface area contributed by atoms with Crippen LogP contribution in [0.15, 0.2) is 29.2 Å². The van der Waals surface area contributed by atoms with Gasteiger partial charge in [0, 0.05) is 24.8 Å². The van der Waals surface area contributed by atoms with E-state index in [1.54, 1.807) is 16.7 Å². The second kappa shape index (κ2) is 7.63. The SMILES string of the molecule is C[C@@H]1CC[C@@H](NCCCCn2ccccc2=O)C[C@@H]1C. The van der Waals surface area contributed by atoms with Crippen molar-refractivity contribution >= 4 is 0 Å². The molecule has 0 bridgehead atoms. The van der Waals surface area contributed by atoms with E-state index in [9.17, 15) is 4.79 Å². The summed E-state index contributed by atoms with van der Waals surface area (Å²) in [5, 5.41) is 3.69. The molecule has 1 aromatic heterocycles. The number of hydrogen-bond donors (Lipinski definition) is 1. The molecule has 0 aromatic carbocycles. The van der Waals surface area contributed by atoms with Crippen molar-refractivity contribution < 1.29 is 0 Å². The standard InChI is InChI=1S/C17H28N2O/c1-14-8-9-16(13-15(14)2)18-10-4-6-12-19-11-5-3-7-17(19)20/h3,5,7,11,14-16,18H,4,6,8-10,12-13H2,1-2H3/t14-,15+,16-/m1/s1. The molecule has 0 aliphatic heterocycles. The van der Waals surface area contributed by atoms with E-state index in [2.05, 4.69) is 19.2 Å². The number of rotatable bonds is 6. The molecule has 2 rings (SSSR count). The molecule has 0 unspecified atom stereocenters. The van der Waals surface area contributed by atoms with Crippen LogP contribution in [0.4, 0.5) is 0 Å². The van der Waals surface area contributed by atoms with Crippen LogP contribution in [0.3, 0.4) is 0 Å². The van der Waals surface area contributed by atoms with E-state index in [4.69, 9.17) is 0 Å². The van der Waals surface area contributed by atoms with E-state index in [1.807, 2.05) is 12.3 Å². The number of nitrogens with zero attached hydrogens (tertiary/aromatic N) is 1. The average Bonchev–Trinajstić information content (AvgIpc) is 2.44. The number of aromatic nitrogens is 1. The fourth-order valence-corrected chi connectivity index (χ4v) is 3.09. The van der Waals surface area contributed by atoms with Gasteiger partial charge in [0.2, 0.25) is 5.56 Å². The molecule has 3 heteroatoms. The number of aryl methyl sites for hydroxylation is 1. The predicted octanol–water partition coefficient (Wildman–Crippen LogP) is 3.04. The van der Waals surface area contributed by atoms with Crippen molar-refractivity contribution in [1.82, 2.24) is 9.88 Å². The van der Waals surface area contributed by atoms with Gasteiger partial charge >= 0.3 is 0 Å². The third-order valence-electron chi connectivity index (χ3n) is 4.76. The number of unbranched alkanes of at least 4 members (excludes halogenated alkanes) is 1. The summed E-state index contributed by atoms with van der Waals surface area (Å²) in [4.78, 5) is 11.5. The smallest absolute Gasteiger partial charge is 0.250 e. The van der Waals surface area contributed by atoms with Crippen LogP contribution in [0.2, 0.25) is 0 Å². The van der Waals surface area contributed by atoms with Gasteiger partial charge in [-0.3, -0.25) is 4.79 Å². The summed E-state index contributed by atoms with van der Waals surface area (Å²) in [6, 6.07) is 6.05. The van der Waals surface area contributed by atoms with Crippen LogP contribution < -0.4 is 10.9 Å². The van der Waals surface area contributed by atoms with E-state index in [1.165, 1.54) is 19.3 Å². The fourth-order valence-electron chi connectivity index (χ4n) is 3.09. The molecule has 1 aliphatic rings. The van der Waals surface area contributed by atoms with Gasteiger partial charge in [-0.2, -0.15) is 0 Å². The van der Waals surface area contributed by atoms with E-state index in [0.29, 0.717) is 6.04 Å². The van der Waals surface area contributed by atoms with Gasteiger partial charge in [0.1, 0.15) is 0 Å². The van der Waals surface area contributed by atoms with Gasteiger partial charge in [-0.05, 0) is 56.6 Å². The van der Waals surface area contributed by atoms with Gasteiger partial charge in [0.25, 0.3) is 0 Å². The van der Waals surface area contributed by atoms with E-state index < -0.39 is 0 Å². The summed E-state index contributed by atoms with van der Waals surface area (Å²) in [5.74, 6) is 1.74. The zero-order chi connectivity index (χ0) is 14.4. The Morgan fingerprint density at radius 2 is 2.05 bits per heavy atom. The molecule has 0 amide bonds. The Morgan fingerprint density at radius 1 is 1.20 bits per heavy atom. The Hall–Kier alpha value is -1.09. The molecule has 3 nitrogen and oxygen atoms in total. The lowest BCUT2D eigenvalue weighted by Gasteiger charge is -2.32. The van der Waals surface area contributed by atoms with E-state index in [0.717, 1.165) is 37.8 Å². The predicted molar refractivity (Wildman–Crippen MR) is 83.9 cm³/mol. The van der Waals surface area contributed by atoms with Crippen molar-refractivity contribution in [3.8, 4) is 0 Å². The van der Waals surface area contributed by atoms with Crippen molar-refractivity contribution in [2.75, 3.05) is 6.54 Å². The van der Waals surface area contributed by atoms with Gasteiger partial charge in [0.15, 0.2) is 0 Å². The van der Waals surface area contributed by atoms with Gasteiger partial charge in [-0.1, -0.05) is 19.9 Å². The Bertz CT molecular complexity index is 454. The number of pyridine rings is 1. The monoisotopic (exact) mass is 276 g/mol. The van der Waals surface area contributed by atoms with Gasteiger partial charge in [-0.15, -0.1) is 0 Å². The maximum Gasteiger partial charge on any atom is 0.250 e. The molecule has 20 heavy (non-hydrogen) atoms. The summed E-state index contributed by atoms with van der Waals surface area (Å²) < 4.78 is 1.80. The lowest BCUT2D eigenvalue weighted by molar-refractivity contribution is 0.226. The van der Waals surface area contributed by atoms with Crippen molar-refractivity contribution in [1.29, 1.82) is 0 Å². The Balaban J connectivity index is 1.60. The fraction of sp³-hybridized carbons (Fsp3) is 0.706. The van der Waals surface area contributed by atoms with Crippen molar-refractivity contribution in [3.05, 3.63) is 34.7 Å². The molecule has 1 saturated carbocycles. The molecule has 112 valence electrons. The molecular weight excluding hydrogens is 248 g/mol.